The monoisotopic (exact) mass is 295 g/mol. The Kier molecular flexibility index (Phi) is 5.11. The van der Waals surface area contributed by atoms with Gasteiger partial charge in [-0.15, -0.1) is 0 Å². The smallest absolute Gasteiger partial charge is 0.257 e. The van der Waals surface area contributed by atoms with Crippen LogP contribution in [0.25, 0.3) is 0 Å². The number of hydrogen-bond acceptors (Lipinski definition) is 4. The van der Waals surface area contributed by atoms with E-state index in [4.69, 9.17) is 11.6 Å². The van der Waals surface area contributed by atoms with E-state index in [1.54, 1.807) is 24.3 Å². The molecule has 0 saturated carbocycles. The van der Waals surface area contributed by atoms with Crippen molar-refractivity contribution in [3.8, 4) is 0 Å². The number of nitrogens with one attached hydrogen (secondary N) is 2. The van der Waals surface area contributed by atoms with Crippen molar-refractivity contribution in [1.82, 2.24) is 15.5 Å². The Morgan fingerprint density at radius 2 is 2.10 bits per heavy atom. The Balaban J connectivity index is 1.84. The van der Waals surface area contributed by atoms with Gasteiger partial charge < -0.3 is 5.32 Å². The molecule has 1 atom stereocenters. The van der Waals surface area contributed by atoms with E-state index in [2.05, 4.69) is 17.6 Å². The lowest BCUT2D eigenvalue weighted by Gasteiger charge is -2.31. The van der Waals surface area contributed by atoms with E-state index < -0.39 is 5.91 Å². The van der Waals surface area contributed by atoms with Gasteiger partial charge in [-0.3, -0.25) is 19.8 Å². The van der Waals surface area contributed by atoms with Crippen LogP contribution in [0.4, 0.5) is 0 Å². The lowest BCUT2D eigenvalue weighted by molar-refractivity contribution is -0.121. The minimum absolute atomic E-state index is 0.241. The van der Waals surface area contributed by atoms with Crippen LogP contribution < -0.4 is 10.6 Å². The van der Waals surface area contributed by atoms with Crippen molar-refractivity contribution >= 4 is 23.4 Å². The van der Waals surface area contributed by atoms with Crippen LogP contribution in [0.5, 0.6) is 0 Å². The predicted molar refractivity (Wildman–Crippen MR) is 77.8 cm³/mol. The van der Waals surface area contributed by atoms with Gasteiger partial charge in [-0.1, -0.05) is 11.6 Å². The third kappa shape index (κ3) is 4.30. The van der Waals surface area contributed by atoms with Crippen molar-refractivity contribution in [3.63, 3.8) is 0 Å². The van der Waals surface area contributed by atoms with Crippen LogP contribution >= 0.6 is 11.6 Å². The first-order chi connectivity index (χ1) is 9.54. The summed E-state index contributed by atoms with van der Waals surface area (Å²) >= 11 is 5.75. The maximum absolute atomic E-state index is 11.9. The zero-order chi connectivity index (χ0) is 14.5. The number of nitrogens with zero attached hydrogens (tertiary/aromatic N) is 1. The molecule has 1 aromatic rings. The van der Waals surface area contributed by atoms with Crippen LogP contribution in [-0.2, 0) is 4.79 Å². The molecule has 1 aliphatic rings. The van der Waals surface area contributed by atoms with Crippen molar-refractivity contribution < 1.29 is 9.59 Å². The lowest BCUT2D eigenvalue weighted by atomic mass is 10.2. The van der Waals surface area contributed by atoms with Crippen molar-refractivity contribution in [3.05, 3.63) is 34.9 Å². The second-order valence-corrected chi connectivity index (χ2v) is 5.41. The average molecular weight is 296 g/mol. The Bertz CT molecular complexity index is 490. The van der Waals surface area contributed by atoms with E-state index in [-0.39, 0.29) is 12.5 Å². The normalized spacial score (nSPS) is 19.6. The average Bonchev–Trinajstić information content (AvgIpc) is 2.39. The van der Waals surface area contributed by atoms with Gasteiger partial charge in [-0.05, 0) is 31.2 Å². The summed E-state index contributed by atoms with van der Waals surface area (Å²) in [5, 5.41) is 6.26. The van der Waals surface area contributed by atoms with Crippen LogP contribution in [0.1, 0.15) is 17.3 Å². The van der Waals surface area contributed by atoms with E-state index in [0.717, 1.165) is 19.6 Å². The molecule has 0 aromatic heterocycles. The molecule has 2 rings (SSSR count). The van der Waals surface area contributed by atoms with E-state index in [9.17, 15) is 9.59 Å². The third-order valence-electron chi connectivity index (χ3n) is 3.18. The molecule has 0 aliphatic carbocycles. The fourth-order valence-corrected chi connectivity index (χ4v) is 2.32. The summed E-state index contributed by atoms with van der Waals surface area (Å²) in [5.74, 6) is -0.672. The molecule has 108 valence electrons. The maximum atomic E-state index is 11.9. The summed E-state index contributed by atoms with van der Waals surface area (Å²) in [6, 6.07) is 6.80. The molecule has 0 unspecified atom stereocenters. The number of halogens is 1. The van der Waals surface area contributed by atoms with Crippen LogP contribution in [0.15, 0.2) is 24.3 Å². The highest BCUT2D eigenvalue weighted by molar-refractivity contribution is 6.30. The Morgan fingerprint density at radius 1 is 1.40 bits per heavy atom. The van der Waals surface area contributed by atoms with Crippen molar-refractivity contribution in [2.75, 3.05) is 26.2 Å². The highest BCUT2D eigenvalue weighted by atomic mass is 35.5. The first kappa shape index (κ1) is 15.0. The molecule has 1 heterocycles. The number of carbonyl (C=O) groups excluding carboxylic acids is 2. The second kappa shape index (κ2) is 6.83. The summed E-state index contributed by atoms with van der Waals surface area (Å²) in [7, 11) is 0. The highest BCUT2D eigenvalue weighted by Gasteiger charge is 2.19. The van der Waals surface area contributed by atoms with Gasteiger partial charge in [-0.2, -0.15) is 0 Å². The fourth-order valence-electron chi connectivity index (χ4n) is 2.20. The summed E-state index contributed by atoms with van der Waals surface area (Å²) in [4.78, 5) is 25.7. The van der Waals surface area contributed by atoms with Gasteiger partial charge in [-0.25, -0.2) is 0 Å². The summed E-state index contributed by atoms with van der Waals surface area (Å²) < 4.78 is 0. The topological polar surface area (TPSA) is 61.4 Å². The highest BCUT2D eigenvalue weighted by Crippen LogP contribution is 2.09. The van der Waals surface area contributed by atoms with Gasteiger partial charge in [0, 0.05) is 36.3 Å². The van der Waals surface area contributed by atoms with Gasteiger partial charge in [0.15, 0.2) is 0 Å². The standard InChI is InChI=1S/C14H18ClN3O2/c1-10-8-18(7-6-16-10)9-13(19)17-14(20)11-2-4-12(15)5-3-11/h2-5,10,16H,6-9H2,1H3,(H,17,19,20)/t10-/m0/s1. The molecule has 0 radical (unpaired) electrons. The molecule has 2 amide bonds. The van der Waals surface area contributed by atoms with Gasteiger partial charge in [0.1, 0.15) is 0 Å². The largest absolute Gasteiger partial charge is 0.312 e. The molecular formula is C14H18ClN3O2. The molecule has 1 saturated heterocycles. The van der Waals surface area contributed by atoms with E-state index in [0.29, 0.717) is 16.6 Å². The summed E-state index contributed by atoms with van der Waals surface area (Å²) in [5.41, 5.74) is 0.427. The van der Waals surface area contributed by atoms with E-state index in [1.807, 2.05) is 4.90 Å². The maximum Gasteiger partial charge on any atom is 0.257 e. The van der Waals surface area contributed by atoms with Gasteiger partial charge in [0.05, 0.1) is 6.54 Å². The van der Waals surface area contributed by atoms with Crippen molar-refractivity contribution in [2.24, 2.45) is 0 Å². The molecule has 1 aliphatic heterocycles. The van der Waals surface area contributed by atoms with Crippen molar-refractivity contribution in [1.29, 1.82) is 0 Å². The van der Waals surface area contributed by atoms with Crippen LogP contribution in [0.2, 0.25) is 5.02 Å². The SMILES string of the molecule is C[C@H]1CN(CC(=O)NC(=O)c2ccc(Cl)cc2)CCN1. The molecule has 1 fully saturated rings. The Labute approximate surface area is 123 Å². The second-order valence-electron chi connectivity index (χ2n) is 4.97. The number of benzene rings is 1. The number of amides is 2. The molecule has 5 nitrogen and oxygen atoms in total. The molecule has 0 spiro atoms. The zero-order valence-electron chi connectivity index (χ0n) is 11.4. The zero-order valence-corrected chi connectivity index (χ0v) is 12.1. The van der Waals surface area contributed by atoms with Gasteiger partial charge >= 0.3 is 0 Å². The molecule has 0 bridgehead atoms. The quantitative estimate of drug-likeness (QED) is 0.869. The molecule has 2 N–H and O–H groups in total. The van der Waals surface area contributed by atoms with Crippen LogP contribution in [0.3, 0.4) is 0 Å². The molecular weight excluding hydrogens is 278 g/mol. The minimum Gasteiger partial charge on any atom is -0.312 e. The number of hydrogen-bond donors (Lipinski definition) is 2. The first-order valence-electron chi connectivity index (χ1n) is 6.60. The van der Waals surface area contributed by atoms with E-state index >= 15 is 0 Å². The number of imide groups is 1. The van der Waals surface area contributed by atoms with Gasteiger partial charge in [0.2, 0.25) is 5.91 Å². The number of carbonyl (C=O) groups is 2. The Morgan fingerprint density at radius 3 is 2.75 bits per heavy atom. The van der Waals surface area contributed by atoms with Crippen LogP contribution in [0, 0.1) is 0 Å². The minimum atomic E-state index is -0.394. The first-order valence-corrected chi connectivity index (χ1v) is 6.98. The molecule has 20 heavy (non-hydrogen) atoms. The predicted octanol–water partition coefficient (Wildman–Crippen LogP) is 0.890. The molecule has 6 heteroatoms. The van der Waals surface area contributed by atoms with Crippen LogP contribution in [-0.4, -0.2) is 48.9 Å². The van der Waals surface area contributed by atoms with E-state index in [1.165, 1.54) is 0 Å². The Hall–Kier alpha value is -1.43. The van der Waals surface area contributed by atoms with Gasteiger partial charge in [0.25, 0.3) is 5.91 Å². The fraction of sp³-hybridized carbons (Fsp3) is 0.429. The number of piperazine rings is 1. The lowest BCUT2D eigenvalue weighted by Crippen LogP contribution is -2.52. The third-order valence-corrected chi connectivity index (χ3v) is 3.43. The molecule has 1 aromatic carbocycles. The number of rotatable bonds is 3. The van der Waals surface area contributed by atoms with Crippen molar-refractivity contribution in [2.45, 2.75) is 13.0 Å². The summed E-state index contributed by atoms with van der Waals surface area (Å²) in [6.07, 6.45) is 0. The summed E-state index contributed by atoms with van der Waals surface area (Å²) in [6.45, 7) is 4.79.